The summed E-state index contributed by atoms with van der Waals surface area (Å²) in [6, 6.07) is 7.76. The third kappa shape index (κ3) is 4.94. The van der Waals surface area contributed by atoms with Crippen molar-refractivity contribution in [1.82, 2.24) is 9.80 Å². The molecule has 0 N–H and O–H groups in total. The summed E-state index contributed by atoms with van der Waals surface area (Å²) in [4.78, 5) is 17.2. The molecule has 128 valence electrons. The van der Waals surface area contributed by atoms with Gasteiger partial charge in [-0.05, 0) is 46.0 Å². The molecular formula is C18H28N2O3. The summed E-state index contributed by atoms with van der Waals surface area (Å²) in [6.45, 7) is 5.51. The molecule has 5 heteroatoms. The number of carbonyl (C=O) groups excluding carboxylic acids is 1. The van der Waals surface area contributed by atoms with E-state index in [0.29, 0.717) is 17.9 Å². The highest BCUT2D eigenvalue weighted by atomic mass is 16.5. The lowest BCUT2D eigenvalue weighted by molar-refractivity contribution is 0.0274. The largest absolute Gasteiger partial charge is 0.493 e. The van der Waals surface area contributed by atoms with Gasteiger partial charge in [-0.1, -0.05) is 12.1 Å². The molecule has 1 aliphatic heterocycles. The van der Waals surface area contributed by atoms with Gasteiger partial charge in [0.25, 0.3) is 5.91 Å². The number of rotatable bonds is 7. The second-order valence-corrected chi connectivity index (χ2v) is 6.07. The van der Waals surface area contributed by atoms with Gasteiger partial charge in [-0.2, -0.15) is 0 Å². The van der Waals surface area contributed by atoms with Gasteiger partial charge in [-0.25, -0.2) is 0 Å². The zero-order valence-electron chi connectivity index (χ0n) is 14.5. The zero-order valence-corrected chi connectivity index (χ0v) is 14.5. The van der Waals surface area contributed by atoms with Crippen molar-refractivity contribution >= 4 is 5.91 Å². The van der Waals surface area contributed by atoms with E-state index in [1.165, 1.54) is 0 Å². The third-order valence-electron chi connectivity index (χ3n) is 4.10. The molecule has 0 radical (unpaired) electrons. The van der Waals surface area contributed by atoms with E-state index in [1.807, 2.05) is 50.2 Å². The van der Waals surface area contributed by atoms with E-state index in [0.717, 1.165) is 39.1 Å². The summed E-state index contributed by atoms with van der Waals surface area (Å²) in [6.07, 6.45) is 1.80. The lowest BCUT2D eigenvalue weighted by atomic mass is 10.0. The van der Waals surface area contributed by atoms with Gasteiger partial charge in [0.1, 0.15) is 5.75 Å². The molecule has 1 aromatic rings. The van der Waals surface area contributed by atoms with Crippen molar-refractivity contribution in [3.05, 3.63) is 29.8 Å². The number of para-hydroxylation sites is 1. The monoisotopic (exact) mass is 320 g/mol. The van der Waals surface area contributed by atoms with Crippen LogP contribution in [0.15, 0.2) is 24.3 Å². The molecule has 1 amide bonds. The smallest absolute Gasteiger partial charge is 0.257 e. The van der Waals surface area contributed by atoms with E-state index >= 15 is 0 Å². The topological polar surface area (TPSA) is 42.0 Å². The van der Waals surface area contributed by atoms with Crippen molar-refractivity contribution in [3.8, 4) is 5.75 Å². The average molecular weight is 320 g/mol. The number of hydrogen-bond acceptors (Lipinski definition) is 4. The van der Waals surface area contributed by atoms with Gasteiger partial charge in [0.15, 0.2) is 0 Å². The van der Waals surface area contributed by atoms with Crippen LogP contribution in [0.1, 0.15) is 30.1 Å². The van der Waals surface area contributed by atoms with Crippen molar-refractivity contribution < 1.29 is 14.3 Å². The molecule has 0 aromatic heterocycles. The quantitative estimate of drug-likeness (QED) is 0.773. The molecule has 0 saturated carbocycles. The second kappa shape index (κ2) is 8.89. The minimum Gasteiger partial charge on any atom is -0.493 e. The van der Waals surface area contributed by atoms with Gasteiger partial charge in [-0.3, -0.25) is 4.79 Å². The molecule has 0 aliphatic carbocycles. The summed E-state index contributed by atoms with van der Waals surface area (Å²) in [5.74, 6) is 0.727. The predicted octanol–water partition coefficient (Wildman–Crippen LogP) is 2.27. The predicted molar refractivity (Wildman–Crippen MR) is 91.0 cm³/mol. The highest BCUT2D eigenvalue weighted by Crippen LogP contribution is 2.23. The standard InChI is InChI=1S/C18H28N2O3/c1-4-23-17-8-6-5-7-16(17)18(21)20(12-11-19(2)3)15-9-13-22-14-10-15/h5-8,15H,4,9-14H2,1-3H3. The van der Waals surface area contributed by atoms with Crippen molar-refractivity contribution in [2.24, 2.45) is 0 Å². The molecule has 1 heterocycles. The molecule has 1 fully saturated rings. The Bertz CT molecular complexity index is 499. The fraction of sp³-hybridized carbons (Fsp3) is 0.611. The Morgan fingerprint density at radius 3 is 2.57 bits per heavy atom. The van der Waals surface area contributed by atoms with Crippen molar-refractivity contribution in [2.75, 3.05) is 47.0 Å². The molecule has 1 aliphatic rings. The fourth-order valence-corrected chi connectivity index (χ4v) is 2.83. The summed E-state index contributed by atoms with van der Waals surface area (Å²) in [5, 5.41) is 0. The Labute approximate surface area is 139 Å². The first kappa shape index (κ1) is 17.8. The van der Waals surface area contributed by atoms with Crippen molar-refractivity contribution in [2.45, 2.75) is 25.8 Å². The van der Waals surface area contributed by atoms with Crippen LogP contribution in [0.2, 0.25) is 0 Å². The van der Waals surface area contributed by atoms with Gasteiger partial charge in [0.05, 0.1) is 12.2 Å². The number of hydrogen-bond donors (Lipinski definition) is 0. The van der Waals surface area contributed by atoms with E-state index in [4.69, 9.17) is 9.47 Å². The summed E-state index contributed by atoms with van der Waals surface area (Å²) in [7, 11) is 4.06. The van der Waals surface area contributed by atoms with E-state index in [1.54, 1.807) is 0 Å². The van der Waals surface area contributed by atoms with Crippen molar-refractivity contribution in [1.29, 1.82) is 0 Å². The molecule has 0 unspecified atom stereocenters. The molecule has 0 bridgehead atoms. The lowest BCUT2D eigenvalue weighted by Gasteiger charge is -2.35. The molecule has 2 rings (SSSR count). The van der Waals surface area contributed by atoms with E-state index < -0.39 is 0 Å². The van der Waals surface area contributed by atoms with Crippen LogP contribution in [0.3, 0.4) is 0 Å². The maximum Gasteiger partial charge on any atom is 0.257 e. The van der Waals surface area contributed by atoms with Crippen LogP contribution in [0, 0.1) is 0 Å². The molecule has 1 saturated heterocycles. The Balaban J connectivity index is 2.21. The first-order valence-corrected chi connectivity index (χ1v) is 8.38. The number of amides is 1. The molecule has 5 nitrogen and oxygen atoms in total. The highest BCUT2D eigenvalue weighted by molar-refractivity contribution is 5.97. The number of likely N-dealkylation sites (N-methyl/N-ethyl adjacent to an activating group) is 1. The van der Waals surface area contributed by atoms with E-state index in [2.05, 4.69) is 4.90 Å². The van der Waals surface area contributed by atoms with Crippen LogP contribution >= 0.6 is 0 Å². The van der Waals surface area contributed by atoms with Crippen LogP contribution in [0.5, 0.6) is 5.75 Å². The van der Waals surface area contributed by atoms with Crippen LogP contribution in [0.4, 0.5) is 0 Å². The summed E-state index contributed by atoms with van der Waals surface area (Å²) < 4.78 is 11.1. The van der Waals surface area contributed by atoms with E-state index in [9.17, 15) is 4.79 Å². The van der Waals surface area contributed by atoms with E-state index in [-0.39, 0.29) is 11.9 Å². The fourth-order valence-electron chi connectivity index (χ4n) is 2.83. The first-order valence-electron chi connectivity index (χ1n) is 8.38. The normalized spacial score (nSPS) is 15.7. The molecule has 1 aromatic carbocycles. The van der Waals surface area contributed by atoms with Crippen LogP contribution < -0.4 is 4.74 Å². The maximum absolute atomic E-state index is 13.1. The van der Waals surface area contributed by atoms with Gasteiger partial charge in [-0.15, -0.1) is 0 Å². The Morgan fingerprint density at radius 2 is 1.91 bits per heavy atom. The van der Waals surface area contributed by atoms with Gasteiger partial charge >= 0.3 is 0 Å². The Kier molecular flexibility index (Phi) is 6.86. The highest BCUT2D eigenvalue weighted by Gasteiger charge is 2.28. The SMILES string of the molecule is CCOc1ccccc1C(=O)N(CCN(C)C)C1CCOCC1. The molecule has 0 spiro atoms. The zero-order chi connectivity index (χ0) is 16.7. The van der Waals surface area contributed by atoms with Crippen LogP contribution in [-0.2, 0) is 4.74 Å². The Morgan fingerprint density at radius 1 is 1.22 bits per heavy atom. The van der Waals surface area contributed by atoms with Gasteiger partial charge < -0.3 is 19.3 Å². The second-order valence-electron chi connectivity index (χ2n) is 6.07. The number of nitrogens with zero attached hydrogens (tertiary/aromatic N) is 2. The Hall–Kier alpha value is -1.59. The lowest BCUT2D eigenvalue weighted by Crippen LogP contribution is -2.46. The minimum atomic E-state index is 0.0581. The number of benzene rings is 1. The average Bonchev–Trinajstić information content (AvgIpc) is 2.56. The van der Waals surface area contributed by atoms with Gasteiger partial charge in [0.2, 0.25) is 0 Å². The third-order valence-corrected chi connectivity index (χ3v) is 4.10. The van der Waals surface area contributed by atoms with Gasteiger partial charge in [0, 0.05) is 32.3 Å². The maximum atomic E-state index is 13.1. The summed E-state index contributed by atoms with van der Waals surface area (Å²) >= 11 is 0. The van der Waals surface area contributed by atoms with Crippen LogP contribution in [-0.4, -0.2) is 68.8 Å². The molecule has 0 atom stereocenters. The summed E-state index contributed by atoms with van der Waals surface area (Å²) in [5.41, 5.74) is 0.652. The minimum absolute atomic E-state index is 0.0581. The first-order chi connectivity index (χ1) is 11.1. The molecular weight excluding hydrogens is 292 g/mol. The molecule has 23 heavy (non-hydrogen) atoms. The van der Waals surface area contributed by atoms with Crippen LogP contribution in [0.25, 0.3) is 0 Å². The van der Waals surface area contributed by atoms with Crippen molar-refractivity contribution in [3.63, 3.8) is 0 Å². The number of carbonyl (C=O) groups is 1. The number of ether oxygens (including phenoxy) is 2.